The lowest BCUT2D eigenvalue weighted by Gasteiger charge is -2.11. The van der Waals surface area contributed by atoms with E-state index in [2.05, 4.69) is 5.32 Å². The fourth-order valence-corrected chi connectivity index (χ4v) is 1.78. The molecule has 0 aliphatic rings. The smallest absolute Gasteiger partial charge is 0.259 e. The molecule has 2 rings (SSSR count). The maximum Gasteiger partial charge on any atom is 0.259 e. The van der Waals surface area contributed by atoms with Crippen molar-refractivity contribution in [3.05, 3.63) is 42.0 Å². The minimum absolute atomic E-state index is 0.0940. The lowest BCUT2D eigenvalue weighted by molar-refractivity contribution is 0.102. The van der Waals surface area contributed by atoms with Gasteiger partial charge in [0.1, 0.15) is 17.2 Å². The van der Waals surface area contributed by atoms with Crippen molar-refractivity contribution in [3.63, 3.8) is 0 Å². The molecule has 0 aliphatic heterocycles. The van der Waals surface area contributed by atoms with Crippen LogP contribution in [0.4, 0.5) is 11.4 Å². The zero-order valence-corrected chi connectivity index (χ0v) is 11.7. The molecule has 21 heavy (non-hydrogen) atoms. The summed E-state index contributed by atoms with van der Waals surface area (Å²) in [6.45, 7) is 0. The summed E-state index contributed by atoms with van der Waals surface area (Å²) in [6.07, 6.45) is 0. The second-order valence-corrected chi connectivity index (χ2v) is 4.29. The van der Waals surface area contributed by atoms with Crippen molar-refractivity contribution < 1.29 is 19.4 Å². The van der Waals surface area contributed by atoms with Gasteiger partial charge in [0.2, 0.25) is 0 Å². The number of anilines is 2. The summed E-state index contributed by atoms with van der Waals surface area (Å²) in [4.78, 5) is 12.2. The molecule has 0 fully saturated rings. The van der Waals surface area contributed by atoms with Gasteiger partial charge in [0.05, 0.1) is 31.2 Å². The number of ether oxygens (including phenoxy) is 2. The third-order valence-electron chi connectivity index (χ3n) is 2.96. The van der Waals surface area contributed by atoms with Crippen molar-refractivity contribution in [2.45, 2.75) is 0 Å². The normalized spacial score (nSPS) is 10.0. The number of nitrogens with one attached hydrogen (secondary N) is 1. The quantitative estimate of drug-likeness (QED) is 0.750. The van der Waals surface area contributed by atoms with Crippen LogP contribution < -0.4 is 20.5 Å². The lowest BCUT2D eigenvalue weighted by atomic mass is 10.1. The predicted octanol–water partition coefficient (Wildman–Crippen LogP) is 2.24. The van der Waals surface area contributed by atoms with E-state index in [1.54, 1.807) is 24.3 Å². The van der Waals surface area contributed by atoms with Crippen LogP contribution in [0.15, 0.2) is 36.4 Å². The molecule has 0 bridgehead atoms. The summed E-state index contributed by atoms with van der Waals surface area (Å²) in [6, 6.07) is 9.31. The van der Waals surface area contributed by atoms with E-state index in [1.807, 2.05) is 0 Å². The minimum Gasteiger partial charge on any atom is -0.507 e. The van der Waals surface area contributed by atoms with Gasteiger partial charge in [-0.15, -0.1) is 0 Å². The van der Waals surface area contributed by atoms with E-state index >= 15 is 0 Å². The highest BCUT2D eigenvalue weighted by molar-refractivity contribution is 6.07. The summed E-state index contributed by atoms with van der Waals surface area (Å²) in [5.74, 6) is 0.395. The summed E-state index contributed by atoms with van der Waals surface area (Å²) in [7, 11) is 3.00. The van der Waals surface area contributed by atoms with E-state index < -0.39 is 5.91 Å². The van der Waals surface area contributed by atoms with Crippen LogP contribution in [0.2, 0.25) is 0 Å². The number of aromatic hydroxyl groups is 1. The van der Waals surface area contributed by atoms with Gasteiger partial charge >= 0.3 is 0 Å². The summed E-state index contributed by atoms with van der Waals surface area (Å²) in [5.41, 5.74) is 6.70. The molecule has 0 saturated carbocycles. The Labute approximate surface area is 122 Å². The van der Waals surface area contributed by atoms with Gasteiger partial charge in [-0.3, -0.25) is 4.79 Å². The summed E-state index contributed by atoms with van der Waals surface area (Å²) in [5, 5.41) is 12.4. The molecular weight excluding hydrogens is 272 g/mol. The third kappa shape index (κ3) is 3.17. The molecule has 110 valence electrons. The molecule has 6 heteroatoms. The average Bonchev–Trinajstić information content (AvgIpc) is 2.49. The van der Waals surface area contributed by atoms with E-state index in [0.29, 0.717) is 22.9 Å². The van der Waals surface area contributed by atoms with Gasteiger partial charge in [0.25, 0.3) is 5.91 Å². The van der Waals surface area contributed by atoms with E-state index in [0.717, 1.165) is 0 Å². The molecule has 1 amide bonds. The van der Waals surface area contributed by atoms with Crippen LogP contribution in [0.1, 0.15) is 10.4 Å². The molecule has 4 N–H and O–H groups in total. The number of amides is 1. The number of carbonyl (C=O) groups is 1. The van der Waals surface area contributed by atoms with E-state index in [9.17, 15) is 9.90 Å². The number of hydrogen-bond acceptors (Lipinski definition) is 5. The molecule has 0 spiro atoms. The Morgan fingerprint density at radius 3 is 2.38 bits per heavy atom. The molecule has 0 aromatic heterocycles. The number of methoxy groups -OCH3 is 2. The Balaban J connectivity index is 2.29. The van der Waals surface area contributed by atoms with Crippen molar-refractivity contribution in [1.82, 2.24) is 0 Å². The van der Waals surface area contributed by atoms with Crippen LogP contribution in [-0.4, -0.2) is 25.2 Å². The second kappa shape index (κ2) is 6.04. The Kier molecular flexibility index (Phi) is 4.18. The number of nitrogen functional groups attached to an aromatic ring is 1. The third-order valence-corrected chi connectivity index (χ3v) is 2.96. The molecule has 0 atom stereocenters. The van der Waals surface area contributed by atoms with Crippen LogP contribution in [0.25, 0.3) is 0 Å². The van der Waals surface area contributed by atoms with Crippen molar-refractivity contribution in [2.24, 2.45) is 0 Å². The highest BCUT2D eigenvalue weighted by atomic mass is 16.5. The van der Waals surface area contributed by atoms with Gasteiger partial charge in [0, 0.05) is 6.07 Å². The molecule has 6 nitrogen and oxygen atoms in total. The van der Waals surface area contributed by atoms with Crippen molar-refractivity contribution in [3.8, 4) is 17.2 Å². The number of carbonyl (C=O) groups excluding carboxylic acids is 1. The molecule has 0 heterocycles. The summed E-state index contributed by atoms with van der Waals surface area (Å²) < 4.78 is 10.1. The largest absolute Gasteiger partial charge is 0.507 e. The number of phenols is 1. The molecule has 0 radical (unpaired) electrons. The first-order valence-electron chi connectivity index (χ1n) is 6.17. The van der Waals surface area contributed by atoms with Gasteiger partial charge in [-0.05, 0) is 30.3 Å². The molecule has 0 saturated heterocycles. The first-order valence-corrected chi connectivity index (χ1v) is 6.17. The maximum atomic E-state index is 12.2. The Morgan fingerprint density at radius 1 is 1.10 bits per heavy atom. The number of benzene rings is 2. The van der Waals surface area contributed by atoms with Crippen LogP contribution in [0.3, 0.4) is 0 Å². The van der Waals surface area contributed by atoms with Crippen molar-refractivity contribution in [2.75, 3.05) is 25.3 Å². The van der Waals surface area contributed by atoms with E-state index in [1.165, 1.54) is 26.4 Å². The Bertz CT molecular complexity index is 671. The van der Waals surface area contributed by atoms with Gasteiger partial charge in [-0.25, -0.2) is 0 Å². The van der Waals surface area contributed by atoms with Gasteiger partial charge in [0.15, 0.2) is 0 Å². The SMILES string of the molecule is COc1ccc(N)c(NC(=O)c2cc(OC)ccc2O)c1. The maximum absolute atomic E-state index is 12.2. The summed E-state index contributed by atoms with van der Waals surface area (Å²) >= 11 is 0. The number of hydrogen-bond donors (Lipinski definition) is 3. The van der Waals surface area contributed by atoms with Crippen LogP contribution in [-0.2, 0) is 0 Å². The predicted molar refractivity (Wildman–Crippen MR) is 80.0 cm³/mol. The first kappa shape index (κ1) is 14.5. The number of phenolic OH excluding ortho intramolecular Hbond substituents is 1. The minimum atomic E-state index is -0.494. The molecule has 2 aromatic carbocycles. The Morgan fingerprint density at radius 2 is 1.71 bits per heavy atom. The first-order chi connectivity index (χ1) is 10.0. The molecule has 2 aromatic rings. The zero-order valence-electron chi connectivity index (χ0n) is 11.7. The van der Waals surface area contributed by atoms with Crippen LogP contribution in [0.5, 0.6) is 17.2 Å². The fourth-order valence-electron chi connectivity index (χ4n) is 1.78. The highest BCUT2D eigenvalue weighted by Gasteiger charge is 2.14. The van der Waals surface area contributed by atoms with Gasteiger partial charge < -0.3 is 25.6 Å². The van der Waals surface area contributed by atoms with Crippen LogP contribution >= 0.6 is 0 Å². The second-order valence-electron chi connectivity index (χ2n) is 4.29. The molecule has 0 unspecified atom stereocenters. The fraction of sp³-hybridized carbons (Fsp3) is 0.133. The topological polar surface area (TPSA) is 93.8 Å². The monoisotopic (exact) mass is 288 g/mol. The highest BCUT2D eigenvalue weighted by Crippen LogP contribution is 2.27. The van der Waals surface area contributed by atoms with Crippen molar-refractivity contribution >= 4 is 17.3 Å². The van der Waals surface area contributed by atoms with Crippen molar-refractivity contribution in [1.29, 1.82) is 0 Å². The van der Waals surface area contributed by atoms with E-state index in [-0.39, 0.29) is 11.3 Å². The number of rotatable bonds is 4. The standard InChI is InChI=1S/C15H16N2O4/c1-20-9-4-6-14(18)11(7-9)15(19)17-13-8-10(21-2)3-5-12(13)16/h3-8,18H,16H2,1-2H3,(H,17,19). The molecular formula is C15H16N2O4. The van der Waals surface area contributed by atoms with Gasteiger partial charge in [-0.1, -0.05) is 0 Å². The zero-order chi connectivity index (χ0) is 15.4. The van der Waals surface area contributed by atoms with Crippen LogP contribution in [0, 0.1) is 0 Å². The van der Waals surface area contributed by atoms with E-state index in [4.69, 9.17) is 15.2 Å². The number of nitrogens with two attached hydrogens (primary N) is 1. The van der Waals surface area contributed by atoms with Gasteiger partial charge in [-0.2, -0.15) is 0 Å². The lowest BCUT2D eigenvalue weighted by Crippen LogP contribution is -2.13. The Hall–Kier alpha value is -2.89. The average molecular weight is 288 g/mol. The molecule has 0 aliphatic carbocycles.